The molecule has 1 fully saturated rings. The van der Waals surface area contributed by atoms with E-state index in [4.69, 9.17) is 4.52 Å². The third-order valence-electron chi connectivity index (χ3n) is 5.39. The molecule has 0 radical (unpaired) electrons. The second kappa shape index (κ2) is 8.47. The van der Waals surface area contributed by atoms with Crippen molar-refractivity contribution in [3.8, 4) is 11.4 Å². The van der Waals surface area contributed by atoms with Crippen molar-refractivity contribution in [2.75, 3.05) is 18.4 Å². The van der Waals surface area contributed by atoms with Gasteiger partial charge in [-0.15, -0.1) is 0 Å². The topological polar surface area (TPSA) is 71.3 Å². The Morgan fingerprint density at radius 2 is 1.90 bits per heavy atom. The number of benzene rings is 2. The molecular formula is C23H26N4O2. The van der Waals surface area contributed by atoms with Crippen molar-refractivity contribution in [1.29, 1.82) is 0 Å². The maximum absolute atomic E-state index is 12.5. The number of rotatable bonds is 6. The number of aryl methyl sites for hydroxylation is 2. The van der Waals surface area contributed by atoms with E-state index in [1.807, 2.05) is 42.2 Å². The molecule has 6 nitrogen and oxygen atoms in total. The van der Waals surface area contributed by atoms with E-state index < -0.39 is 0 Å². The third-order valence-corrected chi connectivity index (χ3v) is 5.39. The normalized spacial score (nSPS) is 13.7. The van der Waals surface area contributed by atoms with Gasteiger partial charge in [-0.05, 0) is 55.5 Å². The number of amides is 1. The van der Waals surface area contributed by atoms with Crippen LogP contribution in [0, 0.1) is 6.92 Å². The standard InChI is InChI=1S/C23H26N4O2/c1-3-17-6-8-18(9-7-17)22-25-21(29-26-22)15-24-20-11-10-19(14-16(20)2)23(28)27-12-4-5-13-27/h6-11,14,24H,3-5,12-13,15H2,1-2H3. The molecule has 0 spiro atoms. The summed E-state index contributed by atoms with van der Waals surface area (Å²) >= 11 is 0. The summed E-state index contributed by atoms with van der Waals surface area (Å²) in [6.45, 7) is 6.28. The van der Waals surface area contributed by atoms with Gasteiger partial charge in [-0.3, -0.25) is 4.79 Å². The molecule has 1 aliphatic rings. The minimum absolute atomic E-state index is 0.118. The summed E-state index contributed by atoms with van der Waals surface area (Å²) < 4.78 is 5.38. The van der Waals surface area contributed by atoms with E-state index in [1.54, 1.807) is 0 Å². The van der Waals surface area contributed by atoms with Crippen molar-refractivity contribution >= 4 is 11.6 Å². The van der Waals surface area contributed by atoms with Crippen LogP contribution in [-0.2, 0) is 13.0 Å². The molecular weight excluding hydrogens is 364 g/mol. The van der Waals surface area contributed by atoms with Crippen LogP contribution in [0.1, 0.15) is 47.1 Å². The molecule has 1 saturated heterocycles. The number of carbonyl (C=O) groups is 1. The lowest BCUT2D eigenvalue weighted by atomic mass is 10.1. The summed E-state index contributed by atoms with van der Waals surface area (Å²) in [7, 11) is 0. The molecule has 0 atom stereocenters. The van der Waals surface area contributed by atoms with Gasteiger partial charge in [-0.2, -0.15) is 4.98 Å². The van der Waals surface area contributed by atoms with Crippen LogP contribution >= 0.6 is 0 Å². The summed E-state index contributed by atoms with van der Waals surface area (Å²) in [5.41, 5.74) is 4.94. The zero-order valence-electron chi connectivity index (χ0n) is 16.9. The lowest BCUT2D eigenvalue weighted by Gasteiger charge is -2.16. The molecule has 1 aromatic heterocycles. The fourth-order valence-electron chi connectivity index (χ4n) is 3.60. The first-order valence-corrected chi connectivity index (χ1v) is 10.2. The molecule has 0 unspecified atom stereocenters. The van der Waals surface area contributed by atoms with Crippen molar-refractivity contribution in [3.63, 3.8) is 0 Å². The third kappa shape index (κ3) is 4.31. The van der Waals surface area contributed by atoms with Crippen molar-refractivity contribution in [1.82, 2.24) is 15.0 Å². The van der Waals surface area contributed by atoms with Gasteiger partial charge in [0.25, 0.3) is 5.91 Å². The predicted octanol–water partition coefficient (Wildman–Crippen LogP) is 4.46. The highest BCUT2D eigenvalue weighted by molar-refractivity contribution is 5.95. The SMILES string of the molecule is CCc1ccc(-c2noc(CNc3ccc(C(=O)N4CCCC4)cc3C)n2)cc1. The first-order valence-electron chi connectivity index (χ1n) is 10.2. The highest BCUT2D eigenvalue weighted by atomic mass is 16.5. The van der Waals surface area contributed by atoms with Gasteiger partial charge in [0.1, 0.15) is 0 Å². The van der Waals surface area contributed by atoms with Gasteiger partial charge in [-0.1, -0.05) is 36.3 Å². The molecule has 0 aliphatic carbocycles. The zero-order valence-corrected chi connectivity index (χ0v) is 16.9. The van der Waals surface area contributed by atoms with Crippen molar-refractivity contribution in [3.05, 3.63) is 65.0 Å². The second-order valence-corrected chi connectivity index (χ2v) is 7.44. The van der Waals surface area contributed by atoms with E-state index in [9.17, 15) is 4.79 Å². The molecule has 1 aliphatic heterocycles. The Hall–Kier alpha value is -3.15. The first-order chi connectivity index (χ1) is 14.1. The molecule has 6 heteroatoms. The molecule has 0 saturated carbocycles. The Morgan fingerprint density at radius 1 is 1.14 bits per heavy atom. The molecule has 3 aromatic rings. The van der Waals surface area contributed by atoms with Crippen molar-refractivity contribution < 1.29 is 9.32 Å². The fraction of sp³-hybridized carbons (Fsp3) is 0.348. The highest BCUT2D eigenvalue weighted by Gasteiger charge is 2.19. The summed E-state index contributed by atoms with van der Waals surface area (Å²) in [6, 6.07) is 14.0. The minimum atomic E-state index is 0.118. The quantitative estimate of drug-likeness (QED) is 0.673. The van der Waals surface area contributed by atoms with Gasteiger partial charge in [0, 0.05) is 29.9 Å². The summed E-state index contributed by atoms with van der Waals surface area (Å²) in [5.74, 6) is 1.23. The Balaban J connectivity index is 1.40. The van der Waals surface area contributed by atoms with Crippen LogP contribution < -0.4 is 5.32 Å². The van der Waals surface area contributed by atoms with Crippen LogP contribution in [0.4, 0.5) is 5.69 Å². The van der Waals surface area contributed by atoms with Gasteiger partial charge < -0.3 is 14.7 Å². The number of hydrogen-bond donors (Lipinski definition) is 1. The maximum Gasteiger partial charge on any atom is 0.253 e. The maximum atomic E-state index is 12.5. The van der Waals surface area contributed by atoms with Crippen molar-refractivity contribution in [2.45, 2.75) is 39.7 Å². The fourth-order valence-corrected chi connectivity index (χ4v) is 3.60. The predicted molar refractivity (Wildman–Crippen MR) is 113 cm³/mol. The number of aromatic nitrogens is 2. The van der Waals surface area contributed by atoms with Gasteiger partial charge in [0.15, 0.2) is 0 Å². The lowest BCUT2D eigenvalue weighted by Crippen LogP contribution is -2.27. The summed E-state index contributed by atoms with van der Waals surface area (Å²) in [6.07, 6.45) is 3.20. The van der Waals surface area contributed by atoms with Crippen molar-refractivity contribution in [2.24, 2.45) is 0 Å². The van der Waals surface area contributed by atoms with Gasteiger partial charge in [0.05, 0.1) is 6.54 Å². The molecule has 150 valence electrons. The van der Waals surface area contributed by atoms with E-state index in [-0.39, 0.29) is 5.91 Å². The number of nitrogens with zero attached hydrogens (tertiary/aromatic N) is 3. The van der Waals surface area contributed by atoms with Crippen LogP contribution in [0.3, 0.4) is 0 Å². The molecule has 4 rings (SSSR count). The van der Waals surface area contributed by atoms with E-state index in [0.29, 0.717) is 18.3 Å². The Kier molecular flexibility index (Phi) is 5.60. The molecule has 2 aromatic carbocycles. The molecule has 29 heavy (non-hydrogen) atoms. The Bertz CT molecular complexity index is 988. The van der Waals surface area contributed by atoms with Crippen LogP contribution in [0.15, 0.2) is 47.0 Å². The number of hydrogen-bond acceptors (Lipinski definition) is 5. The van der Waals surface area contributed by atoms with Crippen LogP contribution in [-0.4, -0.2) is 34.0 Å². The summed E-state index contributed by atoms with van der Waals surface area (Å²) in [5, 5.41) is 7.41. The summed E-state index contributed by atoms with van der Waals surface area (Å²) in [4.78, 5) is 18.9. The Labute approximate surface area is 170 Å². The van der Waals surface area contributed by atoms with Crippen LogP contribution in [0.2, 0.25) is 0 Å². The van der Waals surface area contributed by atoms with E-state index in [0.717, 1.165) is 54.7 Å². The molecule has 2 heterocycles. The van der Waals surface area contributed by atoms with Crippen LogP contribution in [0.25, 0.3) is 11.4 Å². The highest BCUT2D eigenvalue weighted by Crippen LogP contribution is 2.21. The number of likely N-dealkylation sites (tertiary alicyclic amines) is 1. The average Bonchev–Trinajstić information content (AvgIpc) is 3.45. The molecule has 0 bridgehead atoms. The monoisotopic (exact) mass is 390 g/mol. The van der Waals surface area contributed by atoms with Gasteiger partial charge >= 0.3 is 0 Å². The number of anilines is 1. The zero-order chi connectivity index (χ0) is 20.2. The van der Waals surface area contributed by atoms with Gasteiger partial charge in [0.2, 0.25) is 11.7 Å². The second-order valence-electron chi connectivity index (χ2n) is 7.44. The smallest absolute Gasteiger partial charge is 0.253 e. The van der Waals surface area contributed by atoms with E-state index in [1.165, 1.54) is 5.56 Å². The molecule has 1 N–H and O–H groups in total. The largest absolute Gasteiger partial charge is 0.376 e. The number of nitrogens with one attached hydrogen (secondary N) is 1. The number of carbonyl (C=O) groups excluding carboxylic acids is 1. The van der Waals surface area contributed by atoms with Gasteiger partial charge in [-0.25, -0.2) is 0 Å². The molecule has 1 amide bonds. The first kappa shape index (κ1) is 19.2. The van der Waals surface area contributed by atoms with E-state index >= 15 is 0 Å². The van der Waals surface area contributed by atoms with Crippen LogP contribution in [0.5, 0.6) is 0 Å². The average molecular weight is 390 g/mol. The minimum Gasteiger partial charge on any atom is -0.376 e. The lowest BCUT2D eigenvalue weighted by molar-refractivity contribution is 0.0792. The Morgan fingerprint density at radius 3 is 2.59 bits per heavy atom. The van der Waals surface area contributed by atoms with E-state index in [2.05, 4.69) is 34.5 Å².